The molecule has 2 aromatic carbocycles. The van der Waals surface area contributed by atoms with Gasteiger partial charge in [-0.1, -0.05) is 46.3 Å². The maximum Gasteiger partial charge on any atom is 0.328 e. The second kappa shape index (κ2) is 12.8. The molecule has 4 rings (SSSR count). The Hall–Kier alpha value is -3.82. The van der Waals surface area contributed by atoms with Crippen LogP contribution in [0.25, 0.3) is 0 Å². The topological polar surface area (TPSA) is 106 Å². The highest BCUT2D eigenvalue weighted by Gasteiger charge is 2.24. The first kappa shape index (κ1) is 26.8. The summed E-state index contributed by atoms with van der Waals surface area (Å²) in [4.78, 5) is 33.4. The van der Waals surface area contributed by atoms with Crippen LogP contribution in [0.4, 0.5) is 17.2 Å². The summed E-state index contributed by atoms with van der Waals surface area (Å²) in [6.45, 7) is 1.91. The van der Waals surface area contributed by atoms with E-state index >= 15 is 0 Å². The molecule has 0 spiro atoms. The van der Waals surface area contributed by atoms with Gasteiger partial charge in [-0.05, 0) is 57.4 Å². The molecule has 9 heteroatoms. The summed E-state index contributed by atoms with van der Waals surface area (Å²) in [6, 6.07) is 20.8. The maximum absolute atomic E-state index is 9.55. The molecule has 1 aromatic heterocycles. The van der Waals surface area contributed by atoms with Crippen molar-refractivity contribution in [3.8, 4) is 0 Å². The molecule has 186 valence electrons. The molecule has 0 unspecified atom stereocenters. The minimum Gasteiger partial charge on any atom is -0.478 e. The standard InChI is InChI=1S/C23H23BrN4.C4H4O4/c1-27(2)14-7-15-28-21-12-11-18(24)16-19(21)22(17-8-4-3-5-9-17)26-20-10-6-13-25-23(20)28;5-3(6)1-2-4(7)8/h3-6,8-13,16H,7,14-15H2,1-2H3;1-2H,(H,5,6)(H,7,8). The minimum atomic E-state index is -1.26. The zero-order chi connectivity index (χ0) is 26.1. The molecule has 2 heterocycles. The zero-order valence-corrected chi connectivity index (χ0v) is 21.6. The van der Waals surface area contributed by atoms with Crippen LogP contribution in [0.2, 0.25) is 0 Å². The molecule has 0 atom stereocenters. The Labute approximate surface area is 218 Å². The SMILES string of the molecule is CN(C)CCCN1c2ccc(Br)cc2C(c2ccccc2)=Nc2cccnc21.O=C(O)C=CC(=O)O. The number of carboxylic acid groups (broad SMARTS) is 2. The van der Waals surface area contributed by atoms with Gasteiger partial charge in [-0.15, -0.1) is 0 Å². The van der Waals surface area contributed by atoms with Crippen LogP contribution in [-0.4, -0.2) is 64.9 Å². The summed E-state index contributed by atoms with van der Waals surface area (Å²) < 4.78 is 1.04. The number of hydrogen-bond donors (Lipinski definition) is 2. The molecule has 0 radical (unpaired) electrons. The number of carbonyl (C=O) groups is 2. The fourth-order valence-electron chi connectivity index (χ4n) is 3.64. The quantitative estimate of drug-likeness (QED) is 0.393. The Balaban J connectivity index is 0.000000392. The molecular weight excluding hydrogens is 524 g/mol. The van der Waals surface area contributed by atoms with Crippen LogP contribution in [0.5, 0.6) is 0 Å². The number of anilines is 2. The molecule has 0 saturated heterocycles. The number of fused-ring (bicyclic) bond motifs is 2. The highest BCUT2D eigenvalue weighted by molar-refractivity contribution is 9.10. The molecule has 36 heavy (non-hydrogen) atoms. The lowest BCUT2D eigenvalue weighted by Crippen LogP contribution is -2.24. The fourth-order valence-corrected chi connectivity index (χ4v) is 4.00. The third-order valence-corrected chi connectivity index (χ3v) is 5.65. The van der Waals surface area contributed by atoms with E-state index in [1.54, 1.807) is 0 Å². The van der Waals surface area contributed by atoms with E-state index in [0.717, 1.165) is 58.0 Å². The van der Waals surface area contributed by atoms with Crippen LogP contribution in [0, 0.1) is 0 Å². The van der Waals surface area contributed by atoms with E-state index in [-0.39, 0.29) is 0 Å². The van der Waals surface area contributed by atoms with Crippen molar-refractivity contribution in [2.24, 2.45) is 4.99 Å². The van der Waals surface area contributed by atoms with Crippen molar-refractivity contribution >= 4 is 50.8 Å². The highest BCUT2D eigenvalue weighted by atomic mass is 79.9. The predicted molar refractivity (Wildman–Crippen MR) is 145 cm³/mol. The first-order chi connectivity index (χ1) is 17.3. The maximum atomic E-state index is 9.55. The van der Waals surface area contributed by atoms with Gasteiger partial charge >= 0.3 is 11.9 Å². The largest absolute Gasteiger partial charge is 0.478 e. The Morgan fingerprint density at radius 2 is 1.69 bits per heavy atom. The van der Waals surface area contributed by atoms with Crippen LogP contribution < -0.4 is 4.90 Å². The van der Waals surface area contributed by atoms with Gasteiger partial charge in [0.05, 0.1) is 11.4 Å². The second-order valence-corrected chi connectivity index (χ2v) is 9.07. The molecule has 0 saturated carbocycles. The van der Waals surface area contributed by atoms with Crippen molar-refractivity contribution in [2.45, 2.75) is 6.42 Å². The van der Waals surface area contributed by atoms with Gasteiger partial charge in [0, 0.05) is 40.5 Å². The zero-order valence-electron chi connectivity index (χ0n) is 20.0. The van der Waals surface area contributed by atoms with E-state index in [1.807, 2.05) is 24.4 Å². The third kappa shape index (κ3) is 7.34. The van der Waals surface area contributed by atoms with E-state index < -0.39 is 11.9 Å². The Kier molecular flexibility index (Phi) is 9.49. The van der Waals surface area contributed by atoms with Gasteiger partial charge in [0.25, 0.3) is 0 Å². The van der Waals surface area contributed by atoms with E-state index in [9.17, 15) is 9.59 Å². The number of hydrogen-bond acceptors (Lipinski definition) is 6. The van der Waals surface area contributed by atoms with Crippen molar-refractivity contribution in [1.82, 2.24) is 9.88 Å². The smallest absolute Gasteiger partial charge is 0.328 e. The number of halogens is 1. The van der Waals surface area contributed by atoms with Gasteiger partial charge in [0.2, 0.25) is 0 Å². The van der Waals surface area contributed by atoms with Crippen molar-refractivity contribution in [1.29, 1.82) is 0 Å². The van der Waals surface area contributed by atoms with E-state index in [1.165, 1.54) is 0 Å². The molecule has 0 fully saturated rings. The average molecular weight is 551 g/mol. The molecule has 0 aliphatic carbocycles. The van der Waals surface area contributed by atoms with E-state index in [0.29, 0.717) is 12.2 Å². The molecular formula is C27H27BrN4O4. The van der Waals surface area contributed by atoms with Crippen LogP contribution in [-0.2, 0) is 9.59 Å². The summed E-state index contributed by atoms with van der Waals surface area (Å²) in [5, 5.41) is 15.6. The van der Waals surface area contributed by atoms with Gasteiger partial charge in [0.15, 0.2) is 5.82 Å². The van der Waals surface area contributed by atoms with Gasteiger partial charge in [-0.3, -0.25) is 0 Å². The predicted octanol–water partition coefficient (Wildman–Crippen LogP) is 5.13. The molecule has 0 amide bonds. The number of pyridine rings is 1. The van der Waals surface area contributed by atoms with Crippen molar-refractivity contribution in [2.75, 3.05) is 32.1 Å². The molecule has 0 bridgehead atoms. The first-order valence-electron chi connectivity index (χ1n) is 11.2. The molecule has 2 N–H and O–H groups in total. The number of benzene rings is 2. The number of aliphatic imine (C=N–C) groups is 1. The third-order valence-electron chi connectivity index (χ3n) is 5.16. The second-order valence-electron chi connectivity index (χ2n) is 8.15. The van der Waals surface area contributed by atoms with Crippen molar-refractivity contribution in [3.63, 3.8) is 0 Å². The normalized spacial score (nSPS) is 12.2. The highest BCUT2D eigenvalue weighted by Crippen LogP contribution is 2.40. The summed E-state index contributed by atoms with van der Waals surface area (Å²) in [6.07, 6.45) is 4.00. The number of carboxylic acids is 2. The van der Waals surface area contributed by atoms with Crippen LogP contribution >= 0.6 is 15.9 Å². The lowest BCUT2D eigenvalue weighted by molar-refractivity contribution is -0.134. The Bertz CT molecular complexity index is 1260. The number of aromatic nitrogens is 1. The summed E-state index contributed by atoms with van der Waals surface area (Å²) in [5.74, 6) is -1.60. The monoisotopic (exact) mass is 550 g/mol. The molecule has 8 nitrogen and oxygen atoms in total. The molecule has 1 aliphatic heterocycles. The van der Waals surface area contributed by atoms with Crippen molar-refractivity contribution < 1.29 is 19.8 Å². The lowest BCUT2D eigenvalue weighted by Gasteiger charge is -2.26. The molecule has 1 aliphatic rings. The van der Waals surface area contributed by atoms with Crippen LogP contribution in [0.1, 0.15) is 17.5 Å². The number of aliphatic carboxylic acids is 2. The first-order valence-corrected chi connectivity index (χ1v) is 12.0. The summed E-state index contributed by atoms with van der Waals surface area (Å²) in [5.41, 5.74) is 5.23. The summed E-state index contributed by atoms with van der Waals surface area (Å²) in [7, 11) is 4.21. The van der Waals surface area contributed by atoms with Gasteiger partial charge in [-0.2, -0.15) is 0 Å². The van der Waals surface area contributed by atoms with Gasteiger partial charge in [-0.25, -0.2) is 19.6 Å². The van der Waals surface area contributed by atoms with E-state index in [4.69, 9.17) is 20.2 Å². The summed E-state index contributed by atoms with van der Waals surface area (Å²) >= 11 is 3.65. The average Bonchev–Trinajstić information content (AvgIpc) is 2.98. The van der Waals surface area contributed by atoms with E-state index in [2.05, 4.69) is 82.3 Å². The Morgan fingerprint density at radius 3 is 2.33 bits per heavy atom. The minimum absolute atomic E-state index is 0.558. The fraction of sp³-hybridized carbons (Fsp3) is 0.185. The lowest BCUT2D eigenvalue weighted by atomic mass is 10.00. The van der Waals surface area contributed by atoms with Crippen LogP contribution in [0.3, 0.4) is 0 Å². The van der Waals surface area contributed by atoms with Gasteiger partial charge in [0.1, 0.15) is 5.69 Å². The number of nitrogens with zero attached hydrogens (tertiary/aromatic N) is 4. The van der Waals surface area contributed by atoms with Crippen molar-refractivity contribution in [3.05, 3.63) is 94.6 Å². The Morgan fingerprint density at radius 1 is 1.00 bits per heavy atom. The van der Waals surface area contributed by atoms with Crippen LogP contribution in [0.15, 0.2) is 88.5 Å². The van der Waals surface area contributed by atoms with Gasteiger partial charge < -0.3 is 20.0 Å². The number of rotatable bonds is 7. The molecule has 3 aromatic rings.